The first-order valence-electron chi connectivity index (χ1n) is 13.5. The van der Waals surface area contributed by atoms with E-state index in [2.05, 4.69) is 61.5 Å². The van der Waals surface area contributed by atoms with E-state index >= 15 is 0 Å². The second kappa shape index (κ2) is 6.29. The van der Waals surface area contributed by atoms with Gasteiger partial charge in [-0.15, -0.1) is 0 Å². The maximum Gasteiger partial charge on any atom is 0.138 e. The van der Waals surface area contributed by atoms with Gasteiger partial charge in [0.25, 0.3) is 0 Å². The molecule has 4 saturated carbocycles. The van der Waals surface area contributed by atoms with Crippen molar-refractivity contribution in [2.45, 2.75) is 120 Å². The number of carbonyl (C=O) groups excluding carboxylic acids is 1. The van der Waals surface area contributed by atoms with Crippen LogP contribution in [0.5, 0.6) is 0 Å². The van der Waals surface area contributed by atoms with E-state index in [4.69, 9.17) is 0 Å². The van der Waals surface area contributed by atoms with Crippen molar-refractivity contribution in [3.05, 3.63) is 11.6 Å². The van der Waals surface area contributed by atoms with Crippen molar-refractivity contribution in [1.29, 1.82) is 0 Å². The van der Waals surface area contributed by atoms with E-state index in [-0.39, 0.29) is 5.41 Å². The lowest BCUT2D eigenvalue weighted by atomic mass is 9.31. The van der Waals surface area contributed by atoms with E-state index in [1.165, 1.54) is 51.4 Å². The molecule has 0 bridgehead atoms. The molecule has 0 aliphatic heterocycles. The van der Waals surface area contributed by atoms with Crippen molar-refractivity contribution >= 4 is 5.78 Å². The van der Waals surface area contributed by atoms with Crippen LogP contribution < -0.4 is 0 Å². The van der Waals surface area contributed by atoms with Gasteiger partial charge in [0.15, 0.2) is 0 Å². The SMILES string of the molecule is CC1(C)CCCC2(C)C1=CCC1(C)C2CCC2C3(C)CCC(=O)C(C)(C)C3CCC21C. The Morgan fingerprint density at radius 3 is 2.13 bits per heavy atom. The van der Waals surface area contributed by atoms with E-state index in [9.17, 15) is 4.79 Å². The van der Waals surface area contributed by atoms with Gasteiger partial charge in [0.2, 0.25) is 0 Å². The van der Waals surface area contributed by atoms with Gasteiger partial charge < -0.3 is 0 Å². The van der Waals surface area contributed by atoms with Crippen molar-refractivity contribution in [3.8, 4) is 0 Å². The van der Waals surface area contributed by atoms with Gasteiger partial charge in [0, 0.05) is 11.8 Å². The Hall–Kier alpha value is -0.590. The van der Waals surface area contributed by atoms with E-state index in [0.29, 0.717) is 38.8 Å². The minimum Gasteiger partial charge on any atom is -0.299 e. The molecule has 0 N–H and O–H groups in total. The maximum atomic E-state index is 12.9. The predicted octanol–water partition coefficient (Wildman–Crippen LogP) is 8.38. The van der Waals surface area contributed by atoms with Crippen molar-refractivity contribution < 1.29 is 4.79 Å². The van der Waals surface area contributed by atoms with Crippen LogP contribution in [-0.2, 0) is 4.79 Å². The Labute approximate surface area is 192 Å². The molecule has 7 unspecified atom stereocenters. The highest BCUT2D eigenvalue weighted by atomic mass is 16.1. The Kier molecular flexibility index (Phi) is 4.51. The summed E-state index contributed by atoms with van der Waals surface area (Å²) in [7, 11) is 0. The molecule has 0 spiro atoms. The molecule has 0 radical (unpaired) electrons. The standard InChI is InChI=1S/C30H48O/c1-25(2)15-9-16-27(5)20(25)12-18-29(7)22(27)10-11-23-28(6)17-14-24(31)26(3,4)21(28)13-19-30(23,29)8/h12,21-23H,9-11,13-19H2,1-8H3. The zero-order valence-corrected chi connectivity index (χ0v) is 21.8. The molecular weight excluding hydrogens is 376 g/mol. The maximum absolute atomic E-state index is 12.9. The van der Waals surface area contributed by atoms with Crippen LogP contribution in [0.3, 0.4) is 0 Å². The molecule has 0 saturated heterocycles. The monoisotopic (exact) mass is 424 g/mol. The fourth-order valence-electron chi connectivity index (χ4n) is 11.3. The highest BCUT2D eigenvalue weighted by Gasteiger charge is 2.69. The van der Waals surface area contributed by atoms with Crippen LogP contribution in [0.2, 0.25) is 0 Å². The van der Waals surface area contributed by atoms with Gasteiger partial charge in [-0.25, -0.2) is 0 Å². The number of hydrogen-bond acceptors (Lipinski definition) is 1. The highest BCUT2D eigenvalue weighted by molar-refractivity contribution is 5.85. The summed E-state index contributed by atoms with van der Waals surface area (Å²) in [5, 5.41) is 0. The third-order valence-electron chi connectivity index (χ3n) is 13.0. The van der Waals surface area contributed by atoms with E-state index < -0.39 is 0 Å². The quantitative estimate of drug-likeness (QED) is 0.357. The van der Waals surface area contributed by atoms with Crippen LogP contribution in [0, 0.1) is 50.2 Å². The lowest BCUT2D eigenvalue weighted by Gasteiger charge is -2.73. The number of fused-ring (bicyclic) bond motifs is 7. The second-order valence-corrected chi connectivity index (χ2v) is 14.7. The molecule has 174 valence electrons. The van der Waals surface area contributed by atoms with Crippen LogP contribution >= 0.6 is 0 Å². The summed E-state index contributed by atoms with van der Waals surface area (Å²) in [4.78, 5) is 12.9. The Morgan fingerprint density at radius 1 is 0.742 bits per heavy atom. The van der Waals surface area contributed by atoms with Gasteiger partial charge in [-0.1, -0.05) is 73.5 Å². The summed E-state index contributed by atoms with van der Waals surface area (Å²) in [6.07, 6.45) is 15.5. The molecule has 5 aliphatic carbocycles. The molecule has 0 aromatic carbocycles. The van der Waals surface area contributed by atoms with Gasteiger partial charge in [-0.3, -0.25) is 4.79 Å². The number of Topliss-reactive ketones (excluding diaryl/α,β-unsaturated/α-hetero) is 1. The Balaban J connectivity index is 1.59. The molecule has 4 fully saturated rings. The summed E-state index contributed by atoms with van der Waals surface area (Å²) in [6, 6.07) is 0. The predicted molar refractivity (Wildman–Crippen MR) is 130 cm³/mol. The molecule has 1 heteroatoms. The van der Waals surface area contributed by atoms with Gasteiger partial charge in [-0.05, 0) is 96.2 Å². The van der Waals surface area contributed by atoms with Crippen LogP contribution in [0.25, 0.3) is 0 Å². The molecule has 0 amide bonds. The minimum absolute atomic E-state index is 0.134. The highest BCUT2D eigenvalue weighted by Crippen LogP contribution is 2.76. The number of rotatable bonds is 0. The van der Waals surface area contributed by atoms with Crippen molar-refractivity contribution in [3.63, 3.8) is 0 Å². The summed E-state index contributed by atoms with van der Waals surface area (Å²) in [5.41, 5.74) is 3.55. The lowest BCUT2D eigenvalue weighted by Crippen LogP contribution is -2.66. The number of hydrogen-bond donors (Lipinski definition) is 0. The van der Waals surface area contributed by atoms with Crippen LogP contribution in [-0.4, -0.2) is 5.78 Å². The van der Waals surface area contributed by atoms with Crippen LogP contribution in [0.4, 0.5) is 0 Å². The third-order valence-corrected chi connectivity index (χ3v) is 13.0. The normalized spacial score (nSPS) is 52.8. The first kappa shape index (κ1) is 22.2. The number of carbonyl (C=O) groups is 1. The van der Waals surface area contributed by atoms with E-state index in [1.807, 2.05) is 0 Å². The van der Waals surface area contributed by atoms with Crippen molar-refractivity contribution in [1.82, 2.24) is 0 Å². The number of ketones is 1. The topological polar surface area (TPSA) is 17.1 Å². The summed E-state index contributed by atoms with van der Waals surface area (Å²) < 4.78 is 0. The smallest absolute Gasteiger partial charge is 0.138 e. The molecule has 7 atom stereocenters. The fraction of sp³-hybridized carbons (Fsp3) is 0.900. The molecule has 0 aromatic heterocycles. The first-order chi connectivity index (χ1) is 14.2. The number of allylic oxidation sites excluding steroid dienone is 2. The summed E-state index contributed by atoms with van der Waals surface area (Å²) in [5.74, 6) is 2.68. The zero-order chi connectivity index (χ0) is 22.7. The average molecular weight is 425 g/mol. The summed E-state index contributed by atoms with van der Waals surface area (Å²) >= 11 is 0. The van der Waals surface area contributed by atoms with Crippen LogP contribution in [0.15, 0.2) is 11.6 Å². The van der Waals surface area contributed by atoms with Gasteiger partial charge >= 0.3 is 0 Å². The van der Waals surface area contributed by atoms with Gasteiger partial charge in [0.05, 0.1) is 0 Å². The fourth-order valence-corrected chi connectivity index (χ4v) is 11.3. The van der Waals surface area contributed by atoms with Crippen molar-refractivity contribution in [2.75, 3.05) is 0 Å². The molecular formula is C30H48O. The second-order valence-electron chi connectivity index (χ2n) is 14.7. The Bertz CT molecular complexity index is 831. The van der Waals surface area contributed by atoms with E-state index in [0.717, 1.165) is 24.7 Å². The van der Waals surface area contributed by atoms with Crippen LogP contribution in [0.1, 0.15) is 120 Å². The molecule has 1 nitrogen and oxygen atoms in total. The lowest BCUT2D eigenvalue weighted by molar-refractivity contribution is -0.221. The van der Waals surface area contributed by atoms with Crippen molar-refractivity contribution in [2.24, 2.45) is 50.2 Å². The first-order valence-corrected chi connectivity index (χ1v) is 13.5. The van der Waals surface area contributed by atoms with E-state index in [1.54, 1.807) is 5.57 Å². The molecule has 0 heterocycles. The summed E-state index contributed by atoms with van der Waals surface area (Å²) in [6.45, 7) is 20.2. The molecule has 5 aliphatic rings. The molecule has 0 aromatic rings. The van der Waals surface area contributed by atoms with Gasteiger partial charge in [0.1, 0.15) is 5.78 Å². The Morgan fingerprint density at radius 2 is 1.42 bits per heavy atom. The molecule has 31 heavy (non-hydrogen) atoms. The average Bonchev–Trinajstić information content (AvgIpc) is 2.65. The minimum atomic E-state index is -0.134. The zero-order valence-electron chi connectivity index (χ0n) is 21.8. The van der Waals surface area contributed by atoms with Gasteiger partial charge in [-0.2, -0.15) is 0 Å². The molecule has 5 rings (SSSR count). The third kappa shape index (κ3) is 2.53. The largest absolute Gasteiger partial charge is 0.299 e.